The van der Waals surface area contributed by atoms with Crippen molar-refractivity contribution < 1.29 is 9.59 Å². The van der Waals surface area contributed by atoms with Crippen LogP contribution in [0.3, 0.4) is 0 Å². The Hall–Kier alpha value is -3.12. The van der Waals surface area contributed by atoms with Gasteiger partial charge in [0.2, 0.25) is 5.91 Å². The van der Waals surface area contributed by atoms with Crippen LogP contribution in [0.5, 0.6) is 0 Å². The summed E-state index contributed by atoms with van der Waals surface area (Å²) >= 11 is 1.60. The molecular formula is C27H29N3O2S. The highest BCUT2D eigenvalue weighted by Gasteiger charge is 2.45. The number of likely N-dealkylation sites (N-methyl/N-ethyl adjacent to an activating group) is 1. The minimum absolute atomic E-state index is 0.0226. The maximum atomic E-state index is 14.1. The zero-order chi connectivity index (χ0) is 23.1. The van der Waals surface area contributed by atoms with E-state index in [1.54, 1.807) is 16.2 Å². The van der Waals surface area contributed by atoms with Crippen molar-refractivity contribution in [3.63, 3.8) is 0 Å². The summed E-state index contributed by atoms with van der Waals surface area (Å²) in [6.45, 7) is 6.41. The van der Waals surface area contributed by atoms with Crippen LogP contribution in [0, 0.1) is 6.92 Å². The minimum atomic E-state index is -0.402. The van der Waals surface area contributed by atoms with Crippen LogP contribution in [-0.4, -0.2) is 54.3 Å². The fourth-order valence-electron chi connectivity index (χ4n) is 5.23. The summed E-state index contributed by atoms with van der Waals surface area (Å²) in [4.78, 5) is 34.4. The van der Waals surface area contributed by atoms with Gasteiger partial charge in [0.25, 0.3) is 5.91 Å². The number of carbonyl (C=O) groups is 2. The number of aryl methyl sites for hydroxylation is 1. The lowest BCUT2D eigenvalue weighted by atomic mass is 9.81. The van der Waals surface area contributed by atoms with Gasteiger partial charge in [0.15, 0.2) is 0 Å². The lowest BCUT2D eigenvalue weighted by molar-refractivity contribution is -0.135. The maximum absolute atomic E-state index is 14.1. The molecule has 2 aromatic carbocycles. The van der Waals surface area contributed by atoms with Gasteiger partial charge in [0.05, 0.1) is 12.0 Å². The first kappa shape index (κ1) is 21.7. The topological polar surface area (TPSA) is 43.9 Å². The number of hydrogen-bond donors (Lipinski definition) is 0. The SMILES string of the molecule is Cc1ccc(N2CCN(C(=O)C3c4ccccc4C(=O)N(C)C3c3cccs3)CC2C)cc1. The number of anilines is 1. The van der Waals surface area contributed by atoms with Gasteiger partial charge >= 0.3 is 0 Å². The van der Waals surface area contributed by atoms with Crippen LogP contribution >= 0.6 is 11.3 Å². The quantitative estimate of drug-likeness (QED) is 0.570. The number of rotatable bonds is 3. The third-order valence-electron chi connectivity index (χ3n) is 6.99. The smallest absolute Gasteiger partial charge is 0.254 e. The molecule has 0 saturated carbocycles. The molecule has 3 heterocycles. The van der Waals surface area contributed by atoms with Gasteiger partial charge in [-0.25, -0.2) is 0 Å². The first-order valence-corrected chi connectivity index (χ1v) is 12.3. The Morgan fingerprint density at radius 1 is 1.00 bits per heavy atom. The number of piperazine rings is 1. The molecule has 0 aliphatic carbocycles. The monoisotopic (exact) mass is 459 g/mol. The highest BCUT2D eigenvalue weighted by Crippen LogP contribution is 2.44. The van der Waals surface area contributed by atoms with Crippen molar-refractivity contribution in [3.05, 3.63) is 87.6 Å². The maximum Gasteiger partial charge on any atom is 0.254 e. The average Bonchev–Trinajstić information content (AvgIpc) is 3.36. The highest BCUT2D eigenvalue weighted by atomic mass is 32.1. The molecular weight excluding hydrogens is 430 g/mol. The van der Waals surface area contributed by atoms with Crippen molar-refractivity contribution in [3.8, 4) is 0 Å². The van der Waals surface area contributed by atoms with E-state index in [2.05, 4.69) is 43.0 Å². The Kier molecular flexibility index (Phi) is 5.71. The fraction of sp³-hybridized carbons (Fsp3) is 0.333. The van der Waals surface area contributed by atoms with Gasteiger partial charge in [-0.3, -0.25) is 9.59 Å². The molecule has 5 rings (SSSR count). The second-order valence-electron chi connectivity index (χ2n) is 9.10. The number of benzene rings is 2. The van der Waals surface area contributed by atoms with Crippen LogP contribution in [0.1, 0.15) is 45.2 Å². The van der Waals surface area contributed by atoms with E-state index >= 15 is 0 Å². The summed E-state index contributed by atoms with van der Waals surface area (Å²) in [5.74, 6) is -0.318. The molecule has 1 saturated heterocycles. The van der Waals surface area contributed by atoms with E-state index in [1.165, 1.54) is 11.3 Å². The largest absolute Gasteiger partial charge is 0.365 e. The zero-order valence-corrected chi connectivity index (χ0v) is 20.1. The van der Waals surface area contributed by atoms with Crippen molar-refractivity contribution in [1.29, 1.82) is 0 Å². The molecule has 0 radical (unpaired) electrons. The molecule has 1 fully saturated rings. The summed E-state index contributed by atoms with van der Waals surface area (Å²) < 4.78 is 0. The van der Waals surface area contributed by atoms with E-state index in [0.29, 0.717) is 18.7 Å². The molecule has 0 bridgehead atoms. The van der Waals surface area contributed by atoms with Crippen LogP contribution in [0.25, 0.3) is 0 Å². The minimum Gasteiger partial charge on any atom is -0.365 e. The number of fused-ring (bicyclic) bond motifs is 1. The van der Waals surface area contributed by atoms with E-state index < -0.39 is 5.92 Å². The van der Waals surface area contributed by atoms with E-state index in [1.807, 2.05) is 53.7 Å². The van der Waals surface area contributed by atoms with E-state index in [-0.39, 0.29) is 23.9 Å². The van der Waals surface area contributed by atoms with Crippen molar-refractivity contribution in [2.75, 3.05) is 31.6 Å². The van der Waals surface area contributed by atoms with Gasteiger partial charge in [-0.1, -0.05) is 42.0 Å². The average molecular weight is 460 g/mol. The first-order valence-electron chi connectivity index (χ1n) is 11.5. The fourth-order valence-corrected chi connectivity index (χ4v) is 6.14. The Bertz CT molecular complexity index is 1160. The lowest BCUT2D eigenvalue weighted by Crippen LogP contribution is -2.56. The summed E-state index contributed by atoms with van der Waals surface area (Å²) in [6, 6.07) is 20.1. The molecule has 2 aliphatic heterocycles. The van der Waals surface area contributed by atoms with Gasteiger partial charge < -0.3 is 14.7 Å². The molecule has 5 nitrogen and oxygen atoms in total. The molecule has 3 unspecified atom stereocenters. The van der Waals surface area contributed by atoms with Gasteiger partial charge in [-0.05, 0) is 49.1 Å². The normalized spacial score (nSPS) is 22.9. The Labute approximate surface area is 199 Å². The van der Waals surface area contributed by atoms with Crippen LogP contribution < -0.4 is 4.90 Å². The van der Waals surface area contributed by atoms with E-state index in [9.17, 15) is 9.59 Å². The van der Waals surface area contributed by atoms with Crippen LogP contribution in [0.2, 0.25) is 0 Å². The Morgan fingerprint density at radius 3 is 2.45 bits per heavy atom. The van der Waals surface area contributed by atoms with Crippen LogP contribution in [0.4, 0.5) is 5.69 Å². The molecule has 1 aromatic heterocycles. The van der Waals surface area contributed by atoms with E-state index in [4.69, 9.17) is 0 Å². The summed E-state index contributed by atoms with van der Waals surface area (Å²) in [7, 11) is 1.82. The van der Waals surface area contributed by atoms with Gasteiger partial charge in [-0.15, -0.1) is 11.3 Å². The van der Waals surface area contributed by atoms with Crippen molar-refractivity contribution in [2.24, 2.45) is 0 Å². The highest BCUT2D eigenvalue weighted by molar-refractivity contribution is 7.10. The van der Waals surface area contributed by atoms with Crippen LogP contribution in [-0.2, 0) is 4.79 Å². The Morgan fingerprint density at radius 2 is 1.76 bits per heavy atom. The molecule has 170 valence electrons. The number of amides is 2. The molecule has 0 spiro atoms. The lowest BCUT2D eigenvalue weighted by Gasteiger charge is -2.45. The van der Waals surface area contributed by atoms with Crippen molar-refractivity contribution >= 4 is 28.8 Å². The third kappa shape index (κ3) is 3.82. The summed E-state index contributed by atoms with van der Waals surface area (Å²) in [6.07, 6.45) is 0. The number of nitrogens with zero attached hydrogens (tertiary/aromatic N) is 3. The molecule has 2 aliphatic rings. The number of carbonyl (C=O) groups excluding carboxylic acids is 2. The van der Waals surface area contributed by atoms with Crippen molar-refractivity contribution in [1.82, 2.24) is 9.80 Å². The molecule has 3 atom stereocenters. The number of hydrogen-bond acceptors (Lipinski definition) is 4. The molecule has 2 amide bonds. The molecule has 33 heavy (non-hydrogen) atoms. The molecule has 3 aromatic rings. The standard InChI is InChI=1S/C27H29N3O2S/c1-18-10-12-20(13-11-18)30-15-14-29(17-19(30)2)27(32)24-21-7-4-5-8-22(21)26(31)28(3)25(24)23-9-6-16-33-23/h4-13,16,19,24-25H,14-15,17H2,1-3H3. The van der Waals surface area contributed by atoms with Crippen LogP contribution in [0.15, 0.2) is 66.0 Å². The first-order chi connectivity index (χ1) is 16.0. The van der Waals surface area contributed by atoms with Gasteiger partial charge in [-0.2, -0.15) is 0 Å². The summed E-state index contributed by atoms with van der Waals surface area (Å²) in [5, 5.41) is 2.01. The van der Waals surface area contributed by atoms with E-state index in [0.717, 1.165) is 17.0 Å². The van der Waals surface area contributed by atoms with Gasteiger partial charge in [0.1, 0.15) is 0 Å². The summed E-state index contributed by atoms with van der Waals surface area (Å²) in [5.41, 5.74) is 3.93. The van der Waals surface area contributed by atoms with Crippen molar-refractivity contribution in [2.45, 2.75) is 31.8 Å². The molecule has 6 heteroatoms. The third-order valence-corrected chi connectivity index (χ3v) is 7.93. The van der Waals surface area contributed by atoms with Gasteiger partial charge in [0, 0.05) is 48.9 Å². The number of thiophene rings is 1. The predicted octanol–water partition coefficient (Wildman–Crippen LogP) is 4.70. The Balaban J connectivity index is 1.45. The second kappa shape index (κ2) is 8.67. The second-order valence-corrected chi connectivity index (χ2v) is 10.1. The predicted molar refractivity (Wildman–Crippen MR) is 133 cm³/mol. The zero-order valence-electron chi connectivity index (χ0n) is 19.3. The molecule has 0 N–H and O–H groups in total.